The number of hydrogen-bond acceptors (Lipinski definition) is 1. The van der Waals surface area contributed by atoms with Crippen LogP contribution in [0.1, 0.15) is 80.6 Å². The molecule has 0 aliphatic heterocycles. The molecule has 0 aromatic heterocycles. The van der Waals surface area contributed by atoms with Crippen molar-refractivity contribution < 1.29 is 0 Å². The van der Waals surface area contributed by atoms with Crippen LogP contribution < -0.4 is 0 Å². The number of allylic oxidation sites excluding steroid dienone is 2. The Morgan fingerprint density at radius 3 is 2.04 bits per heavy atom. The molecule has 0 aliphatic rings. The highest BCUT2D eigenvalue weighted by Crippen LogP contribution is 2.40. The molecule has 0 atom stereocenters. The van der Waals surface area contributed by atoms with Gasteiger partial charge in [0.1, 0.15) is 8.07 Å². The van der Waals surface area contributed by atoms with Crippen molar-refractivity contribution in [3.8, 4) is 11.5 Å². The monoisotopic (exact) mass is 400 g/mol. The van der Waals surface area contributed by atoms with Crippen LogP contribution in [0.5, 0.6) is 0 Å². The summed E-state index contributed by atoms with van der Waals surface area (Å²) in [5, 5.41) is 0. The van der Waals surface area contributed by atoms with Crippen molar-refractivity contribution >= 4 is 19.8 Å². The van der Waals surface area contributed by atoms with Gasteiger partial charge in [0.05, 0.1) is 0 Å². The summed E-state index contributed by atoms with van der Waals surface area (Å²) in [6.45, 7) is 16.6. The Morgan fingerprint density at radius 2 is 1.52 bits per heavy atom. The highest BCUT2D eigenvalue weighted by atomic mass is 32.2. The van der Waals surface area contributed by atoms with Crippen LogP contribution in [0.4, 0.5) is 0 Å². The van der Waals surface area contributed by atoms with Crippen LogP contribution in [0.25, 0.3) is 0 Å². The third kappa shape index (κ3) is 7.55. The van der Waals surface area contributed by atoms with Gasteiger partial charge in [-0.15, -0.1) is 5.54 Å². The predicted octanol–water partition coefficient (Wildman–Crippen LogP) is 8.85. The summed E-state index contributed by atoms with van der Waals surface area (Å²) in [5.74, 6) is 3.56. The van der Waals surface area contributed by atoms with E-state index in [-0.39, 0.29) is 0 Å². The van der Waals surface area contributed by atoms with Gasteiger partial charge in [0.2, 0.25) is 0 Å². The van der Waals surface area contributed by atoms with E-state index in [9.17, 15) is 0 Å². The number of hydrogen-bond donors (Lipinski definition) is 0. The lowest BCUT2D eigenvalue weighted by Crippen LogP contribution is -2.43. The first-order chi connectivity index (χ1) is 12.8. The Hall–Kier alpha value is -0.913. The minimum atomic E-state index is -1.65. The SMILES string of the molecule is CCCCCC/C(=C/C#C[Si](C(C)C)(C(C)C)C(C)C)Sc1ccccc1. The van der Waals surface area contributed by atoms with Crippen molar-refractivity contribution in [2.75, 3.05) is 0 Å². The van der Waals surface area contributed by atoms with E-state index in [0.717, 1.165) is 6.42 Å². The lowest BCUT2D eigenvalue weighted by molar-refractivity contribution is 0.672. The maximum Gasteiger partial charge on any atom is 0.146 e. The van der Waals surface area contributed by atoms with Crippen LogP contribution in [-0.4, -0.2) is 8.07 Å². The zero-order valence-electron chi connectivity index (χ0n) is 18.6. The largest absolute Gasteiger partial charge is 0.146 e. The van der Waals surface area contributed by atoms with Crippen molar-refractivity contribution in [1.29, 1.82) is 0 Å². The minimum absolute atomic E-state index is 0.688. The maximum absolute atomic E-state index is 3.85. The van der Waals surface area contributed by atoms with Crippen LogP contribution in [0.15, 0.2) is 46.2 Å². The van der Waals surface area contributed by atoms with Gasteiger partial charge in [0, 0.05) is 4.90 Å². The summed E-state index contributed by atoms with van der Waals surface area (Å²) in [6.07, 6.45) is 8.59. The third-order valence-corrected chi connectivity index (χ3v) is 13.1. The first-order valence-corrected chi connectivity index (χ1v) is 13.8. The fourth-order valence-electron chi connectivity index (χ4n) is 4.19. The molecule has 0 bridgehead atoms. The molecule has 1 rings (SSSR count). The Bertz CT molecular complexity index is 595. The second kappa shape index (κ2) is 12.5. The van der Waals surface area contributed by atoms with E-state index in [1.54, 1.807) is 0 Å². The lowest BCUT2D eigenvalue weighted by atomic mass is 10.1. The summed E-state index contributed by atoms with van der Waals surface area (Å²) < 4.78 is 0. The van der Waals surface area contributed by atoms with Gasteiger partial charge < -0.3 is 0 Å². The molecular weight excluding hydrogens is 360 g/mol. The molecule has 0 amide bonds. The summed E-state index contributed by atoms with van der Waals surface area (Å²) in [6, 6.07) is 10.7. The molecule has 0 aliphatic carbocycles. The molecule has 27 heavy (non-hydrogen) atoms. The van der Waals surface area contributed by atoms with Crippen molar-refractivity contribution in [1.82, 2.24) is 0 Å². The van der Waals surface area contributed by atoms with E-state index in [2.05, 4.69) is 96.3 Å². The van der Waals surface area contributed by atoms with Crippen molar-refractivity contribution in [2.24, 2.45) is 0 Å². The summed E-state index contributed by atoms with van der Waals surface area (Å²) in [4.78, 5) is 2.74. The quantitative estimate of drug-likeness (QED) is 0.163. The zero-order chi connectivity index (χ0) is 20.3. The van der Waals surface area contributed by atoms with E-state index in [1.807, 2.05) is 11.8 Å². The van der Waals surface area contributed by atoms with Crippen molar-refractivity contribution in [3.05, 3.63) is 41.3 Å². The van der Waals surface area contributed by atoms with Crippen LogP contribution in [0.3, 0.4) is 0 Å². The number of unbranched alkanes of at least 4 members (excludes halogenated alkanes) is 3. The summed E-state index contributed by atoms with van der Waals surface area (Å²) in [7, 11) is -1.65. The molecule has 0 unspecified atom stereocenters. The lowest BCUT2D eigenvalue weighted by Gasteiger charge is -2.38. The topological polar surface area (TPSA) is 0 Å². The molecule has 0 nitrogen and oxygen atoms in total. The molecule has 0 saturated carbocycles. The standard InChI is InChI=1S/C25H40SSi/c1-8-9-10-12-16-25(26-24-17-13-11-14-18-24)19-15-20-27(21(2)3,22(4)5)23(6)7/h11,13-14,17-19,21-23H,8-10,12,16H2,1-7H3/b25-19-. The van der Waals surface area contributed by atoms with E-state index < -0.39 is 8.07 Å². The molecular formula is C25H40SSi. The van der Waals surface area contributed by atoms with E-state index in [0.29, 0.717) is 16.6 Å². The molecule has 0 fully saturated rings. The smallest absolute Gasteiger partial charge is 0.126 e. The molecule has 2 heteroatoms. The van der Waals surface area contributed by atoms with Gasteiger partial charge in [0.15, 0.2) is 0 Å². The van der Waals surface area contributed by atoms with Crippen molar-refractivity contribution in [3.63, 3.8) is 0 Å². The molecule has 1 aromatic carbocycles. The van der Waals surface area contributed by atoms with E-state index in [1.165, 1.54) is 35.5 Å². The molecule has 0 radical (unpaired) electrons. The summed E-state index contributed by atoms with van der Waals surface area (Å²) >= 11 is 1.90. The van der Waals surface area contributed by atoms with Crippen LogP contribution >= 0.6 is 11.8 Å². The predicted molar refractivity (Wildman–Crippen MR) is 128 cm³/mol. The van der Waals surface area contributed by atoms with Crippen LogP contribution in [0, 0.1) is 11.5 Å². The Labute approximate surface area is 174 Å². The fourth-order valence-corrected chi connectivity index (χ4v) is 10.3. The van der Waals surface area contributed by atoms with E-state index >= 15 is 0 Å². The molecule has 1 aromatic rings. The van der Waals surface area contributed by atoms with Gasteiger partial charge in [-0.1, -0.05) is 104 Å². The number of thioether (sulfide) groups is 1. The van der Waals surface area contributed by atoms with Gasteiger partial charge >= 0.3 is 0 Å². The van der Waals surface area contributed by atoms with Gasteiger partial charge in [0.25, 0.3) is 0 Å². The molecule has 0 spiro atoms. The van der Waals surface area contributed by atoms with Crippen LogP contribution in [-0.2, 0) is 0 Å². The maximum atomic E-state index is 3.85. The normalized spacial score (nSPS) is 12.6. The Morgan fingerprint density at radius 1 is 0.926 bits per heavy atom. The number of benzene rings is 1. The fraction of sp³-hybridized carbons (Fsp3) is 0.600. The average molecular weight is 401 g/mol. The molecule has 0 saturated heterocycles. The number of rotatable bonds is 10. The second-order valence-corrected chi connectivity index (χ2v) is 15.3. The summed E-state index contributed by atoms with van der Waals surface area (Å²) in [5.41, 5.74) is 5.91. The first-order valence-electron chi connectivity index (χ1n) is 10.8. The third-order valence-electron chi connectivity index (χ3n) is 5.66. The minimum Gasteiger partial charge on any atom is -0.126 e. The Kier molecular flexibility index (Phi) is 11.2. The van der Waals surface area contributed by atoms with Gasteiger partial charge in [-0.2, -0.15) is 0 Å². The first kappa shape index (κ1) is 24.1. The average Bonchev–Trinajstić information content (AvgIpc) is 2.62. The highest BCUT2D eigenvalue weighted by Gasteiger charge is 2.41. The van der Waals surface area contributed by atoms with Gasteiger partial charge in [-0.3, -0.25) is 0 Å². The second-order valence-electron chi connectivity index (χ2n) is 8.50. The van der Waals surface area contributed by atoms with Gasteiger partial charge in [-0.25, -0.2) is 0 Å². The Balaban J connectivity index is 3.06. The van der Waals surface area contributed by atoms with Crippen LogP contribution in [0.2, 0.25) is 16.6 Å². The molecule has 0 heterocycles. The molecule has 150 valence electrons. The van der Waals surface area contributed by atoms with Gasteiger partial charge in [-0.05, 0) is 52.6 Å². The van der Waals surface area contributed by atoms with Crippen molar-refractivity contribution in [2.45, 2.75) is 102 Å². The molecule has 0 N–H and O–H groups in total. The zero-order valence-corrected chi connectivity index (χ0v) is 20.5. The highest BCUT2D eigenvalue weighted by molar-refractivity contribution is 8.03. The van der Waals surface area contributed by atoms with E-state index in [4.69, 9.17) is 0 Å².